The summed E-state index contributed by atoms with van der Waals surface area (Å²) >= 11 is 0. The number of methoxy groups -OCH3 is 1. The molecular weight excluding hydrogens is 256 g/mol. The highest BCUT2D eigenvalue weighted by molar-refractivity contribution is 5.17. The van der Waals surface area contributed by atoms with Gasteiger partial charge in [-0.05, 0) is 12.8 Å². The van der Waals surface area contributed by atoms with Gasteiger partial charge in [-0.1, -0.05) is 0 Å². The standard InChI is InChI=1S/C14H22N4O2/c1-19-13-12(16-4-5-17-13)10-15-11-14(2-3-14)18-6-8-20-9-7-18/h4-5,15H,2-3,6-11H2,1H3. The number of rotatable bonds is 6. The smallest absolute Gasteiger partial charge is 0.236 e. The fourth-order valence-corrected chi connectivity index (χ4v) is 2.85. The predicted octanol–water partition coefficient (Wildman–Crippen LogP) is 0.440. The number of ether oxygens (including phenoxy) is 2. The van der Waals surface area contributed by atoms with Crippen molar-refractivity contribution in [2.24, 2.45) is 0 Å². The topological polar surface area (TPSA) is 59.5 Å². The van der Waals surface area contributed by atoms with Crippen LogP contribution in [-0.2, 0) is 11.3 Å². The SMILES string of the molecule is COc1nccnc1CNCC1(N2CCOCC2)CC1. The second kappa shape index (κ2) is 6.03. The molecule has 2 aliphatic rings. The van der Waals surface area contributed by atoms with Gasteiger partial charge in [0, 0.05) is 44.1 Å². The summed E-state index contributed by atoms with van der Waals surface area (Å²) in [5, 5.41) is 3.51. The molecule has 1 N–H and O–H groups in total. The quantitative estimate of drug-likeness (QED) is 0.815. The third-order valence-electron chi connectivity index (χ3n) is 4.18. The molecule has 0 radical (unpaired) electrons. The highest BCUT2D eigenvalue weighted by Gasteiger charge is 2.47. The first kappa shape index (κ1) is 13.7. The van der Waals surface area contributed by atoms with E-state index < -0.39 is 0 Å². The molecule has 6 heteroatoms. The average Bonchev–Trinajstić information content (AvgIpc) is 3.30. The summed E-state index contributed by atoms with van der Waals surface area (Å²) in [6.07, 6.45) is 5.90. The molecule has 1 aliphatic heterocycles. The lowest BCUT2D eigenvalue weighted by Gasteiger charge is -2.35. The number of nitrogens with one attached hydrogen (secondary N) is 1. The van der Waals surface area contributed by atoms with Gasteiger partial charge in [-0.2, -0.15) is 0 Å². The molecule has 1 aromatic rings. The maximum Gasteiger partial charge on any atom is 0.236 e. The van der Waals surface area contributed by atoms with Gasteiger partial charge in [0.1, 0.15) is 5.69 Å². The van der Waals surface area contributed by atoms with Crippen LogP contribution in [0.5, 0.6) is 5.88 Å². The molecule has 0 atom stereocenters. The molecule has 2 fully saturated rings. The molecule has 1 aromatic heterocycles. The molecule has 1 saturated carbocycles. The van der Waals surface area contributed by atoms with Crippen molar-refractivity contribution >= 4 is 0 Å². The Hall–Kier alpha value is -1.24. The molecule has 0 unspecified atom stereocenters. The van der Waals surface area contributed by atoms with Crippen LogP contribution in [0.2, 0.25) is 0 Å². The summed E-state index contributed by atoms with van der Waals surface area (Å²) in [7, 11) is 1.63. The van der Waals surface area contributed by atoms with Crippen LogP contribution in [0.15, 0.2) is 12.4 Å². The largest absolute Gasteiger partial charge is 0.480 e. The Kier molecular flexibility index (Phi) is 4.14. The van der Waals surface area contributed by atoms with E-state index in [-0.39, 0.29) is 0 Å². The molecule has 20 heavy (non-hydrogen) atoms. The molecular formula is C14H22N4O2. The van der Waals surface area contributed by atoms with Crippen molar-refractivity contribution in [1.82, 2.24) is 20.2 Å². The average molecular weight is 278 g/mol. The van der Waals surface area contributed by atoms with Gasteiger partial charge in [-0.3, -0.25) is 9.88 Å². The number of aromatic nitrogens is 2. The van der Waals surface area contributed by atoms with Gasteiger partial charge in [-0.15, -0.1) is 0 Å². The van der Waals surface area contributed by atoms with Crippen molar-refractivity contribution in [3.8, 4) is 5.88 Å². The fourth-order valence-electron chi connectivity index (χ4n) is 2.85. The summed E-state index contributed by atoms with van der Waals surface area (Å²) < 4.78 is 10.6. The Morgan fingerprint density at radius 1 is 1.30 bits per heavy atom. The van der Waals surface area contributed by atoms with Crippen LogP contribution in [0, 0.1) is 0 Å². The maximum absolute atomic E-state index is 5.43. The first-order valence-electron chi connectivity index (χ1n) is 7.21. The summed E-state index contributed by atoms with van der Waals surface area (Å²) in [6.45, 7) is 5.52. The lowest BCUT2D eigenvalue weighted by molar-refractivity contribution is 0.00954. The Morgan fingerprint density at radius 3 is 2.75 bits per heavy atom. The summed E-state index contributed by atoms with van der Waals surface area (Å²) in [6, 6.07) is 0. The summed E-state index contributed by atoms with van der Waals surface area (Å²) in [4.78, 5) is 11.1. The van der Waals surface area contributed by atoms with Crippen molar-refractivity contribution in [1.29, 1.82) is 0 Å². The van der Waals surface area contributed by atoms with Crippen LogP contribution in [0.3, 0.4) is 0 Å². The molecule has 6 nitrogen and oxygen atoms in total. The van der Waals surface area contributed by atoms with Gasteiger partial charge < -0.3 is 14.8 Å². The highest BCUT2D eigenvalue weighted by atomic mass is 16.5. The van der Waals surface area contributed by atoms with Gasteiger partial charge >= 0.3 is 0 Å². The van der Waals surface area contributed by atoms with E-state index in [1.807, 2.05) is 0 Å². The first-order valence-corrected chi connectivity index (χ1v) is 7.21. The predicted molar refractivity (Wildman–Crippen MR) is 74.6 cm³/mol. The van der Waals surface area contributed by atoms with Crippen LogP contribution in [0.4, 0.5) is 0 Å². The van der Waals surface area contributed by atoms with E-state index in [9.17, 15) is 0 Å². The molecule has 110 valence electrons. The lowest BCUT2D eigenvalue weighted by Crippen LogP contribution is -2.49. The van der Waals surface area contributed by atoms with Crippen molar-refractivity contribution < 1.29 is 9.47 Å². The molecule has 0 spiro atoms. The second-order valence-electron chi connectivity index (χ2n) is 5.44. The van der Waals surface area contributed by atoms with E-state index in [0.29, 0.717) is 18.0 Å². The van der Waals surface area contributed by atoms with E-state index in [1.54, 1.807) is 19.5 Å². The number of morpholine rings is 1. The first-order chi connectivity index (χ1) is 9.84. The van der Waals surface area contributed by atoms with E-state index in [1.165, 1.54) is 12.8 Å². The molecule has 0 amide bonds. The zero-order valence-electron chi connectivity index (χ0n) is 12.0. The van der Waals surface area contributed by atoms with Crippen LogP contribution >= 0.6 is 0 Å². The van der Waals surface area contributed by atoms with E-state index in [4.69, 9.17) is 9.47 Å². The third kappa shape index (κ3) is 2.92. The van der Waals surface area contributed by atoms with Crippen molar-refractivity contribution in [2.75, 3.05) is 40.0 Å². The molecule has 0 bridgehead atoms. The van der Waals surface area contributed by atoms with Crippen LogP contribution in [0.1, 0.15) is 18.5 Å². The van der Waals surface area contributed by atoms with Crippen molar-refractivity contribution in [2.45, 2.75) is 24.9 Å². The van der Waals surface area contributed by atoms with Crippen LogP contribution in [0.25, 0.3) is 0 Å². The fraction of sp³-hybridized carbons (Fsp3) is 0.714. The van der Waals surface area contributed by atoms with E-state index in [0.717, 1.165) is 38.5 Å². The Bertz CT molecular complexity index is 445. The van der Waals surface area contributed by atoms with Gasteiger partial charge in [0.05, 0.1) is 20.3 Å². The maximum atomic E-state index is 5.43. The van der Waals surface area contributed by atoms with Crippen LogP contribution < -0.4 is 10.1 Å². The molecule has 0 aromatic carbocycles. The van der Waals surface area contributed by atoms with Gasteiger partial charge in [-0.25, -0.2) is 4.98 Å². The minimum Gasteiger partial charge on any atom is -0.480 e. The lowest BCUT2D eigenvalue weighted by atomic mass is 10.2. The molecule has 1 aliphatic carbocycles. The summed E-state index contributed by atoms with van der Waals surface area (Å²) in [5.74, 6) is 0.608. The van der Waals surface area contributed by atoms with Crippen LogP contribution in [-0.4, -0.2) is 60.4 Å². The van der Waals surface area contributed by atoms with E-state index >= 15 is 0 Å². The van der Waals surface area contributed by atoms with Gasteiger partial charge in [0.25, 0.3) is 0 Å². The highest BCUT2D eigenvalue weighted by Crippen LogP contribution is 2.41. The molecule has 2 heterocycles. The minimum atomic E-state index is 0.346. The van der Waals surface area contributed by atoms with Gasteiger partial charge in [0.2, 0.25) is 5.88 Å². The number of hydrogen-bond acceptors (Lipinski definition) is 6. The Labute approximate surface area is 119 Å². The Balaban J connectivity index is 1.52. The second-order valence-corrected chi connectivity index (χ2v) is 5.44. The normalized spacial score (nSPS) is 21.6. The third-order valence-corrected chi connectivity index (χ3v) is 4.18. The molecule has 1 saturated heterocycles. The van der Waals surface area contributed by atoms with Crippen molar-refractivity contribution in [3.63, 3.8) is 0 Å². The Morgan fingerprint density at radius 2 is 2.05 bits per heavy atom. The monoisotopic (exact) mass is 278 g/mol. The van der Waals surface area contributed by atoms with Crippen molar-refractivity contribution in [3.05, 3.63) is 18.1 Å². The van der Waals surface area contributed by atoms with Gasteiger partial charge in [0.15, 0.2) is 0 Å². The van der Waals surface area contributed by atoms with E-state index in [2.05, 4.69) is 20.2 Å². The zero-order valence-corrected chi connectivity index (χ0v) is 12.0. The zero-order chi connectivity index (χ0) is 13.8. The number of hydrogen-bond donors (Lipinski definition) is 1. The summed E-state index contributed by atoms with van der Waals surface area (Å²) in [5.41, 5.74) is 1.21. The minimum absolute atomic E-state index is 0.346. The number of nitrogens with zero attached hydrogens (tertiary/aromatic N) is 3. The molecule has 3 rings (SSSR count).